The first-order chi connectivity index (χ1) is 10.0. The van der Waals surface area contributed by atoms with Crippen molar-refractivity contribution in [1.82, 2.24) is 9.97 Å². The van der Waals surface area contributed by atoms with E-state index in [-0.39, 0.29) is 0 Å². The Morgan fingerprint density at radius 3 is 2.62 bits per heavy atom. The Bertz CT molecular complexity index is 885. The molecule has 3 aromatic rings. The predicted octanol–water partition coefficient (Wildman–Crippen LogP) is 2.67. The van der Waals surface area contributed by atoms with Crippen LogP contribution in [0.3, 0.4) is 0 Å². The van der Waals surface area contributed by atoms with Gasteiger partial charge in [-0.2, -0.15) is 0 Å². The summed E-state index contributed by atoms with van der Waals surface area (Å²) in [5.41, 5.74) is 1.96. The maximum atomic E-state index is 11.2. The Hall–Kier alpha value is -2.47. The zero-order valence-corrected chi connectivity index (χ0v) is 12.1. The number of aromatic nitrogens is 2. The lowest BCUT2D eigenvalue weighted by molar-refractivity contribution is 0.606. The number of hydrogen-bond acceptors (Lipinski definition) is 4. The molecule has 1 N–H and O–H groups in total. The minimum Gasteiger partial charge on any atom is -0.268 e. The van der Waals surface area contributed by atoms with Crippen LogP contribution in [0.15, 0.2) is 55.0 Å². The zero-order chi connectivity index (χ0) is 14.9. The van der Waals surface area contributed by atoms with Gasteiger partial charge in [0.05, 0.1) is 6.26 Å². The number of pyridine rings is 2. The summed E-state index contributed by atoms with van der Waals surface area (Å²) in [5, 5.41) is 2.13. The standard InChI is InChI=1S/C15H13N3O2S/c1-21(19,20)18-15-6-5-12(10-17-15)13-4-2-3-11-9-16-8-7-14(11)13/h2-10H,1H3,(H,17,18). The first-order valence-corrected chi connectivity index (χ1v) is 8.19. The average Bonchev–Trinajstić information content (AvgIpc) is 2.46. The molecule has 106 valence electrons. The third-order valence-electron chi connectivity index (χ3n) is 3.05. The lowest BCUT2D eigenvalue weighted by Crippen LogP contribution is -2.10. The molecule has 0 atom stereocenters. The van der Waals surface area contributed by atoms with Crippen molar-refractivity contribution in [3.05, 3.63) is 55.0 Å². The molecule has 0 bridgehead atoms. The minimum atomic E-state index is -3.31. The molecule has 2 heterocycles. The van der Waals surface area contributed by atoms with Gasteiger partial charge >= 0.3 is 0 Å². The van der Waals surface area contributed by atoms with Gasteiger partial charge in [0.1, 0.15) is 5.82 Å². The normalized spacial score (nSPS) is 11.5. The first-order valence-electron chi connectivity index (χ1n) is 6.30. The van der Waals surface area contributed by atoms with Gasteiger partial charge in [-0.05, 0) is 29.1 Å². The summed E-state index contributed by atoms with van der Waals surface area (Å²) < 4.78 is 24.7. The summed E-state index contributed by atoms with van der Waals surface area (Å²) in [7, 11) is -3.31. The Balaban J connectivity index is 2.04. The van der Waals surface area contributed by atoms with Crippen molar-refractivity contribution in [3.8, 4) is 11.1 Å². The van der Waals surface area contributed by atoms with Crippen molar-refractivity contribution in [3.63, 3.8) is 0 Å². The molecule has 5 nitrogen and oxygen atoms in total. The smallest absolute Gasteiger partial charge is 0.230 e. The average molecular weight is 299 g/mol. The van der Waals surface area contributed by atoms with Gasteiger partial charge in [0.15, 0.2) is 0 Å². The summed E-state index contributed by atoms with van der Waals surface area (Å²) >= 11 is 0. The fraction of sp³-hybridized carbons (Fsp3) is 0.0667. The molecule has 2 aromatic heterocycles. The number of nitrogens with one attached hydrogen (secondary N) is 1. The van der Waals surface area contributed by atoms with E-state index in [4.69, 9.17) is 0 Å². The third kappa shape index (κ3) is 3.00. The van der Waals surface area contributed by atoms with Crippen LogP contribution in [0.1, 0.15) is 0 Å². The highest BCUT2D eigenvalue weighted by Gasteiger charge is 2.06. The Labute approximate surface area is 122 Å². The summed E-state index contributed by atoms with van der Waals surface area (Å²) in [6.07, 6.45) is 6.31. The van der Waals surface area contributed by atoms with Crippen molar-refractivity contribution >= 4 is 26.6 Å². The van der Waals surface area contributed by atoms with Crippen molar-refractivity contribution < 1.29 is 8.42 Å². The molecule has 0 spiro atoms. The molecule has 0 saturated heterocycles. The third-order valence-corrected chi connectivity index (χ3v) is 3.63. The summed E-state index contributed by atoms with van der Waals surface area (Å²) in [6.45, 7) is 0. The molecule has 21 heavy (non-hydrogen) atoms. The van der Waals surface area contributed by atoms with E-state index < -0.39 is 10.0 Å². The number of hydrogen-bond donors (Lipinski definition) is 1. The summed E-state index contributed by atoms with van der Waals surface area (Å²) in [5.74, 6) is 0.308. The van der Waals surface area contributed by atoms with E-state index in [1.807, 2.05) is 36.5 Å². The summed E-state index contributed by atoms with van der Waals surface area (Å²) in [6, 6.07) is 11.4. The van der Waals surface area contributed by atoms with E-state index in [0.29, 0.717) is 5.82 Å². The topological polar surface area (TPSA) is 72.0 Å². The highest BCUT2D eigenvalue weighted by Crippen LogP contribution is 2.28. The van der Waals surface area contributed by atoms with E-state index >= 15 is 0 Å². The van der Waals surface area contributed by atoms with E-state index in [1.165, 1.54) is 0 Å². The zero-order valence-electron chi connectivity index (χ0n) is 11.3. The molecule has 0 unspecified atom stereocenters. The monoisotopic (exact) mass is 299 g/mol. The molecule has 0 aliphatic heterocycles. The van der Waals surface area contributed by atoms with Crippen LogP contribution in [-0.2, 0) is 10.0 Å². The fourth-order valence-electron chi connectivity index (χ4n) is 2.18. The number of sulfonamides is 1. The number of anilines is 1. The second kappa shape index (κ2) is 5.14. The highest BCUT2D eigenvalue weighted by molar-refractivity contribution is 7.92. The first kappa shape index (κ1) is 13.5. The maximum absolute atomic E-state index is 11.2. The molecule has 0 aliphatic rings. The van der Waals surface area contributed by atoms with Crippen LogP contribution in [0.4, 0.5) is 5.82 Å². The van der Waals surface area contributed by atoms with Gasteiger partial charge in [-0.25, -0.2) is 13.4 Å². The van der Waals surface area contributed by atoms with Crippen LogP contribution in [0.2, 0.25) is 0 Å². The van der Waals surface area contributed by atoms with Crippen LogP contribution in [0.5, 0.6) is 0 Å². The highest BCUT2D eigenvalue weighted by atomic mass is 32.2. The molecule has 6 heteroatoms. The van der Waals surface area contributed by atoms with Crippen molar-refractivity contribution in [2.45, 2.75) is 0 Å². The van der Waals surface area contributed by atoms with Crippen molar-refractivity contribution in [1.29, 1.82) is 0 Å². The lowest BCUT2D eigenvalue weighted by Gasteiger charge is -2.07. The molecule has 0 fully saturated rings. The van der Waals surface area contributed by atoms with E-state index in [2.05, 4.69) is 14.7 Å². The van der Waals surface area contributed by atoms with Gasteiger partial charge in [0.2, 0.25) is 10.0 Å². The molecular weight excluding hydrogens is 286 g/mol. The largest absolute Gasteiger partial charge is 0.268 e. The van der Waals surface area contributed by atoms with Crippen LogP contribution in [-0.4, -0.2) is 24.6 Å². The number of rotatable bonds is 3. The minimum absolute atomic E-state index is 0.308. The molecule has 0 radical (unpaired) electrons. The SMILES string of the molecule is CS(=O)(=O)Nc1ccc(-c2cccc3cnccc23)cn1. The van der Waals surface area contributed by atoms with Gasteiger partial charge in [-0.3, -0.25) is 9.71 Å². The molecule has 0 aliphatic carbocycles. The predicted molar refractivity (Wildman–Crippen MR) is 83.4 cm³/mol. The quantitative estimate of drug-likeness (QED) is 0.807. The van der Waals surface area contributed by atoms with Crippen molar-refractivity contribution in [2.24, 2.45) is 0 Å². The van der Waals surface area contributed by atoms with Gasteiger partial charge in [-0.15, -0.1) is 0 Å². The number of benzene rings is 1. The molecule has 0 amide bonds. The van der Waals surface area contributed by atoms with Crippen molar-refractivity contribution in [2.75, 3.05) is 11.0 Å². The van der Waals surface area contributed by atoms with Crippen LogP contribution >= 0.6 is 0 Å². The maximum Gasteiger partial charge on any atom is 0.230 e. The number of fused-ring (bicyclic) bond motifs is 1. The second-order valence-electron chi connectivity index (χ2n) is 4.71. The van der Waals surface area contributed by atoms with Crippen LogP contribution < -0.4 is 4.72 Å². The van der Waals surface area contributed by atoms with E-state index in [1.54, 1.807) is 18.5 Å². The van der Waals surface area contributed by atoms with Gasteiger partial charge < -0.3 is 0 Å². The fourth-order valence-corrected chi connectivity index (χ4v) is 2.68. The van der Waals surface area contributed by atoms with Gasteiger partial charge in [-0.1, -0.05) is 18.2 Å². The molecular formula is C15H13N3O2S. The Kier molecular flexibility index (Phi) is 3.31. The number of nitrogens with zero attached hydrogens (tertiary/aromatic N) is 2. The molecule has 3 rings (SSSR count). The van der Waals surface area contributed by atoms with E-state index in [0.717, 1.165) is 28.2 Å². The Morgan fingerprint density at radius 2 is 1.90 bits per heavy atom. The molecule has 0 saturated carbocycles. The van der Waals surface area contributed by atoms with Crippen LogP contribution in [0, 0.1) is 0 Å². The van der Waals surface area contributed by atoms with Gasteiger partial charge in [0.25, 0.3) is 0 Å². The Morgan fingerprint density at radius 1 is 1.05 bits per heavy atom. The van der Waals surface area contributed by atoms with Crippen LogP contribution in [0.25, 0.3) is 21.9 Å². The lowest BCUT2D eigenvalue weighted by atomic mass is 10.0. The second-order valence-corrected chi connectivity index (χ2v) is 6.46. The summed E-state index contributed by atoms with van der Waals surface area (Å²) in [4.78, 5) is 8.25. The van der Waals surface area contributed by atoms with E-state index in [9.17, 15) is 8.42 Å². The molecule has 1 aromatic carbocycles. The van der Waals surface area contributed by atoms with Gasteiger partial charge in [0, 0.05) is 29.5 Å².